The molecule has 5 rings (SSSR count). The quantitative estimate of drug-likeness (QED) is 0.363. The molecule has 3 aromatic heterocycles. The van der Waals surface area contributed by atoms with Crippen LogP contribution in [0.5, 0.6) is 0 Å². The van der Waals surface area contributed by atoms with Crippen molar-refractivity contribution in [1.29, 1.82) is 0 Å². The van der Waals surface area contributed by atoms with Crippen LogP contribution in [0.2, 0.25) is 0 Å². The number of carbonyl (C=O) groups is 1. The van der Waals surface area contributed by atoms with E-state index in [1.54, 1.807) is 42.5 Å². The summed E-state index contributed by atoms with van der Waals surface area (Å²) in [4.78, 5) is 31.3. The predicted molar refractivity (Wildman–Crippen MR) is 131 cm³/mol. The Morgan fingerprint density at radius 1 is 1.17 bits per heavy atom. The maximum Gasteiger partial charge on any atom is 0.265 e. The van der Waals surface area contributed by atoms with Crippen molar-refractivity contribution in [3.05, 3.63) is 42.4 Å². The second-order valence-electron chi connectivity index (χ2n) is 8.90. The summed E-state index contributed by atoms with van der Waals surface area (Å²) in [6.45, 7) is 0.244. The third-order valence-electron chi connectivity index (χ3n) is 6.21. The highest BCUT2D eigenvalue weighted by Crippen LogP contribution is 2.32. The number of nitrogens with two attached hydrogens (primary N) is 1. The summed E-state index contributed by atoms with van der Waals surface area (Å²) < 4.78 is 27.5. The zero-order valence-corrected chi connectivity index (χ0v) is 19.3. The van der Waals surface area contributed by atoms with Crippen LogP contribution >= 0.6 is 0 Å². The number of halogens is 2. The Labute approximate surface area is 200 Å². The van der Waals surface area contributed by atoms with Gasteiger partial charge in [-0.1, -0.05) is 0 Å². The highest BCUT2D eigenvalue weighted by atomic mass is 19.3. The number of piperidine rings is 1. The molecule has 1 amide bonds. The number of rotatable bonds is 6. The van der Waals surface area contributed by atoms with Crippen LogP contribution in [0, 0.1) is 5.92 Å². The van der Waals surface area contributed by atoms with Crippen LogP contribution in [0.25, 0.3) is 10.8 Å². The minimum absolute atomic E-state index is 0.0429. The van der Waals surface area contributed by atoms with Crippen LogP contribution in [0.1, 0.15) is 31.2 Å². The highest BCUT2D eigenvalue weighted by Gasteiger charge is 2.35. The fraction of sp³-hybridized carbons (Fsp3) is 0.375. The van der Waals surface area contributed by atoms with Crippen molar-refractivity contribution in [2.45, 2.75) is 31.6 Å². The molecule has 0 spiro atoms. The number of anilines is 3. The highest BCUT2D eigenvalue weighted by molar-refractivity contribution is 6.12. The fourth-order valence-electron chi connectivity index (χ4n) is 4.18. The number of nitrogens with zero attached hydrogens (tertiary/aromatic N) is 5. The van der Waals surface area contributed by atoms with Crippen LogP contribution in [-0.4, -0.2) is 52.8 Å². The summed E-state index contributed by atoms with van der Waals surface area (Å²) in [5.74, 6) is -1.12. The van der Waals surface area contributed by atoms with E-state index in [1.165, 1.54) is 6.20 Å². The molecule has 4 N–H and O–H groups in total. The lowest BCUT2D eigenvalue weighted by molar-refractivity contribution is -0.117. The van der Waals surface area contributed by atoms with Crippen LogP contribution in [0.3, 0.4) is 0 Å². The molecule has 1 aliphatic heterocycles. The van der Waals surface area contributed by atoms with E-state index < -0.39 is 5.92 Å². The molecule has 1 saturated carbocycles. The molecule has 35 heavy (non-hydrogen) atoms. The number of fused-ring (bicyclic) bond motifs is 1. The summed E-state index contributed by atoms with van der Waals surface area (Å²) in [6, 6.07) is 5.12. The van der Waals surface area contributed by atoms with E-state index in [0.717, 1.165) is 23.6 Å². The molecule has 1 saturated heterocycles. The van der Waals surface area contributed by atoms with Gasteiger partial charge in [-0.2, -0.15) is 0 Å². The molecule has 0 aromatic carbocycles. The molecular weight excluding hydrogens is 454 g/mol. The minimum Gasteiger partial charge on any atom is -0.383 e. The number of nitrogens with one attached hydrogen (secondary N) is 2. The Balaban J connectivity index is 1.43. The fourth-order valence-corrected chi connectivity index (χ4v) is 4.18. The van der Waals surface area contributed by atoms with Gasteiger partial charge in [-0.15, -0.1) is 0 Å². The van der Waals surface area contributed by atoms with Crippen molar-refractivity contribution in [3.63, 3.8) is 0 Å². The Hall–Kier alpha value is -3.89. The number of amides is 1. The lowest BCUT2D eigenvalue weighted by Gasteiger charge is -2.33. The molecule has 0 atom stereocenters. The number of alkyl halides is 2. The van der Waals surface area contributed by atoms with Gasteiger partial charge in [0.05, 0.1) is 18.4 Å². The maximum atomic E-state index is 13.8. The van der Waals surface area contributed by atoms with E-state index in [4.69, 9.17) is 5.73 Å². The van der Waals surface area contributed by atoms with Crippen LogP contribution in [-0.2, 0) is 4.79 Å². The maximum absolute atomic E-state index is 13.8. The third-order valence-corrected chi connectivity index (χ3v) is 6.21. The molecule has 3 aromatic rings. The third kappa shape index (κ3) is 4.98. The molecule has 11 heteroatoms. The van der Waals surface area contributed by atoms with Gasteiger partial charge in [-0.3, -0.25) is 4.79 Å². The minimum atomic E-state index is -2.70. The van der Waals surface area contributed by atoms with Crippen molar-refractivity contribution in [2.24, 2.45) is 16.6 Å². The second-order valence-corrected chi connectivity index (χ2v) is 8.90. The largest absolute Gasteiger partial charge is 0.383 e. The second kappa shape index (κ2) is 9.05. The van der Waals surface area contributed by atoms with Gasteiger partial charge in [-0.05, 0) is 37.5 Å². The van der Waals surface area contributed by atoms with Crippen LogP contribution < -0.4 is 21.3 Å². The average molecular weight is 481 g/mol. The zero-order chi connectivity index (χ0) is 24.6. The Bertz CT molecular complexity index is 1290. The number of aromatic nitrogens is 3. The first kappa shape index (κ1) is 22.9. The lowest BCUT2D eigenvalue weighted by atomic mass is 10.1. The van der Waals surface area contributed by atoms with Crippen molar-refractivity contribution >= 4 is 45.7 Å². The summed E-state index contributed by atoms with van der Waals surface area (Å²) in [7, 11) is 1.76. The average Bonchev–Trinajstić information content (AvgIpc) is 3.69. The number of hydrogen-bond donors (Lipinski definition) is 3. The molecule has 1 aliphatic carbocycles. The molecule has 0 bridgehead atoms. The van der Waals surface area contributed by atoms with Gasteiger partial charge in [0.2, 0.25) is 5.91 Å². The van der Waals surface area contributed by atoms with Crippen molar-refractivity contribution in [1.82, 2.24) is 15.0 Å². The summed E-state index contributed by atoms with van der Waals surface area (Å²) >= 11 is 0. The van der Waals surface area contributed by atoms with E-state index in [2.05, 4.69) is 30.6 Å². The first-order chi connectivity index (χ1) is 16.8. The smallest absolute Gasteiger partial charge is 0.265 e. The zero-order valence-electron chi connectivity index (χ0n) is 19.3. The van der Waals surface area contributed by atoms with Crippen molar-refractivity contribution in [2.75, 3.05) is 35.7 Å². The molecule has 182 valence electrons. The molecule has 9 nitrogen and oxygen atoms in total. The standard InChI is InChI=1S/C24H26F2N8O/c1-28-22-18-12-30-20(33-23(35)14-3-4-14)9-16(18)17(11-31-22)21(27)32-19-6-5-15(10-29-19)34-8-2-7-24(25,26)13-34/h5-6,9-12,14H,2-4,7-8,13H2,1H3,(H,28,31)(H2,27,29,32)(H,30,33,35). The molecular formula is C24H26F2N8O. The van der Waals surface area contributed by atoms with Gasteiger partial charge in [0.15, 0.2) is 5.82 Å². The topological polar surface area (TPSA) is 121 Å². The summed E-state index contributed by atoms with van der Waals surface area (Å²) in [5, 5.41) is 7.32. The van der Waals surface area contributed by atoms with Crippen LogP contribution in [0.4, 0.5) is 31.9 Å². The van der Waals surface area contributed by atoms with E-state index in [9.17, 15) is 13.6 Å². The van der Waals surface area contributed by atoms with Gasteiger partial charge >= 0.3 is 0 Å². The number of amidine groups is 1. The first-order valence-corrected chi connectivity index (χ1v) is 11.5. The Morgan fingerprint density at radius 2 is 2.00 bits per heavy atom. The molecule has 0 radical (unpaired) electrons. The first-order valence-electron chi connectivity index (χ1n) is 11.5. The molecule has 0 unspecified atom stereocenters. The van der Waals surface area contributed by atoms with Crippen molar-refractivity contribution < 1.29 is 13.6 Å². The van der Waals surface area contributed by atoms with Gasteiger partial charge in [-0.25, -0.2) is 28.7 Å². The normalized spacial score (nSPS) is 17.9. The number of aliphatic imine (C=N–C) groups is 1. The Morgan fingerprint density at radius 3 is 2.69 bits per heavy atom. The van der Waals surface area contributed by atoms with E-state index >= 15 is 0 Å². The number of pyridine rings is 3. The van der Waals surface area contributed by atoms with Crippen molar-refractivity contribution in [3.8, 4) is 0 Å². The summed E-state index contributed by atoms with van der Waals surface area (Å²) in [5.41, 5.74) is 7.52. The molecule has 2 aliphatic rings. The van der Waals surface area contributed by atoms with Crippen LogP contribution in [0.15, 0.2) is 41.8 Å². The SMILES string of the molecule is CNc1ncc(C(N)=Nc2ccc(N3CCCC(F)(F)C3)cn2)c2cc(NC(=O)C3CC3)ncc12. The van der Waals surface area contributed by atoms with Gasteiger partial charge in [0, 0.05) is 54.7 Å². The molecule has 2 fully saturated rings. The van der Waals surface area contributed by atoms with Gasteiger partial charge in [0.1, 0.15) is 17.5 Å². The summed E-state index contributed by atoms with van der Waals surface area (Å²) in [6.07, 6.45) is 6.89. The number of carbonyl (C=O) groups excluding carboxylic acids is 1. The molecule has 4 heterocycles. The van der Waals surface area contributed by atoms with E-state index in [1.807, 2.05) is 0 Å². The van der Waals surface area contributed by atoms with E-state index in [0.29, 0.717) is 41.7 Å². The van der Waals surface area contributed by atoms with E-state index in [-0.39, 0.29) is 30.6 Å². The van der Waals surface area contributed by atoms with Gasteiger partial charge < -0.3 is 21.3 Å². The monoisotopic (exact) mass is 480 g/mol. The predicted octanol–water partition coefficient (Wildman–Crippen LogP) is 3.69. The lowest BCUT2D eigenvalue weighted by Crippen LogP contribution is -2.42. The van der Waals surface area contributed by atoms with Gasteiger partial charge in [0.25, 0.3) is 5.92 Å². The number of hydrogen-bond acceptors (Lipinski definition) is 7. The Kier molecular flexibility index (Phi) is 5.91.